The Morgan fingerprint density at radius 3 is 2.29 bits per heavy atom. The summed E-state index contributed by atoms with van der Waals surface area (Å²) in [4.78, 5) is 0.141. The second kappa shape index (κ2) is 6.65. The molecule has 0 atom stereocenters. The second-order valence-electron chi connectivity index (χ2n) is 4.42. The van der Waals surface area contributed by atoms with Gasteiger partial charge >= 0.3 is 0 Å². The first-order valence-electron chi connectivity index (χ1n) is 6.15. The van der Waals surface area contributed by atoms with Crippen LogP contribution in [0.3, 0.4) is 0 Å². The standard InChI is InChI=1S/C14H14BrFN2O2S/c15-13-7-11(8-17)3-6-14(13)21(19,20)18-9-10-1-4-12(16)5-2-10/h1-7,18H,8-9,17H2. The van der Waals surface area contributed by atoms with Gasteiger partial charge in [-0.05, 0) is 51.3 Å². The highest BCUT2D eigenvalue weighted by Gasteiger charge is 2.17. The van der Waals surface area contributed by atoms with Gasteiger partial charge < -0.3 is 5.73 Å². The number of nitrogens with two attached hydrogens (primary N) is 1. The molecule has 21 heavy (non-hydrogen) atoms. The predicted octanol–water partition coefficient (Wildman–Crippen LogP) is 2.53. The zero-order valence-electron chi connectivity index (χ0n) is 11.0. The van der Waals surface area contributed by atoms with Crippen molar-refractivity contribution in [1.82, 2.24) is 4.72 Å². The molecule has 0 unspecified atom stereocenters. The summed E-state index contributed by atoms with van der Waals surface area (Å²) < 4.78 is 40.2. The Hall–Kier alpha value is -1.28. The molecule has 0 aliphatic heterocycles. The van der Waals surface area contributed by atoms with Gasteiger partial charge in [0, 0.05) is 17.6 Å². The van der Waals surface area contributed by atoms with Crippen LogP contribution in [-0.4, -0.2) is 8.42 Å². The molecular weight excluding hydrogens is 359 g/mol. The molecule has 0 bridgehead atoms. The predicted molar refractivity (Wildman–Crippen MR) is 82.5 cm³/mol. The lowest BCUT2D eigenvalue weighted by molar-refractivity contribution is 0.580. The largest absolute Gasteiger partial charge is 0.326 e. The van der Waals surface area contributed by atoms with E-state index in [1.54, 1.807) is 12.1 Å². The van der Waals surface area contributed by atoms with Gasteiger partial charge in [0.15, 0.2) is 0 Å². The van der Waals surface area contributed by atoms with Gasteiger partial charge in [0.25, 0.3) is 0 Å². The van der Waals surface area contributed by atoms with E-state index in [4.69, 9.17) is 5.73 Å². The molecule has 0 aliphatic rings. The highest BCUT2D eigenvalue weighted by Crippen LogP contribution is 2.23. The summed E-state index contributed by atoms with van der Waals surface area (Å²) >= 11 is 3.24. The summed E-state index contributed by atoms with van der Waals surface area (Å²) in [5.41, 5.74) is 7.02. The van der Waals surface area contributed by atoms with E-state index in [1.165, 1.54) is 30.3 Å². The van der Waals surface area contributed by atoms with Gasteiger partial charge in [-0.25, -0.2) is 17.5 Å². The Morgan fingerprint density at radius 2 is 1.71 bits per heavy atom. The van der Waals surface area contributed by atoms with E-state index >= 15 is 0 Å². The molecule has 0 aromatic heterocycles. The molecule has 4 nitrogen and oxygen atoms in total. The molecule has 2 rings (SSSR count). The van der Waals surface area contributed by atoms with Crippen LogP contribution in [0.1, 0.15) is 11.1 Å². The maximum Gasteiger partial charge on any atom is 0.241 e. The van der Waals surface area contributed by atoms with Crippen molar-refractivity contribution in [1.29, 1.82) is 0 Å². The first-order valence-corrected chi connectivity index (χ1v) is 8.42. The number of hydrogen-bond acceptors (Lipinski definition) is 3. The Kier molecular flexibility index (Phi) is 5.10. The fourth-order valence-electron chi connectivity index (χ4n) is 1.75. The number of hydrogen-bond donors (Lipinski definition) is 2. The van der Waals surface area contributed by atoms with Crippen molar-refractivity contribution in [3.63, 3.8) is 0 Å². The fourth-order valence-corrected chi connectivity index (χ4v) is 3.89. The maximum absolute atomic E-state index is 12.8. The van der Waals surface area contributed by atoms with E-state index in [9.17, 15) is 12.8 Å². The van der Waals surface area contributed by atoms with E-state index in [2.05, 4.69) is 20.7 Å². The van der Waals surface area contributed by atoms with Crippen molar-refractivity contribution in [3.8, 4) is 0 Å². The van der Waals surface area contributed by atoms with Gasteiger partial charge in [-0.2, -0.15) is 0 Å². The third kappa shape index (κ3) is 4.10. The minimum Gasteiger partial charge on any atom is -0.326 e. The topological polar surface area (TPSA) is 72.2 Å². The quantitative estimate of drug-likeness (QED) is 0.846. The minimum absolute atomic E-state index is 0.0910. The van der Waals surface area contributed by atoms with E-state index in [0.29, 0.717) is 16.6 Å². The van der Waals surface area contributed by atoms with Gasteiger partial charge in [0.05, 0.1) is 4.90 Å². The Bertz CT molecular complexity index is 733. The van der Waals surface area contributed by atoms with Crippen molar-refractivity contribution in [2.45, 2.75) is 18.0 Å². The lowest BCUT2D eigenvalue weighted by atomic mass is 10.2. The lowest BCUT2D eigenvalue weighted by Crippen LogP contribution is -2.23. The first kappa shape index (κ1) is 16.1. The van der Waals surface area contributed by atoms with Crippen LogP contribution in [-0.2, 0) is 23.1 Å². The van der Waals surface area contributed by atoms with Crippen LogP contribution < -0.4 is 10.5 Å². The summed E-state index contributed by atoms with van der Waals surface area (Å²) in [6, 6.07) is 10.5. The summed E-state index contributed by atoms with van der Waals surface area (Å²) in [5.74, 6) is -0.360. The molecule has 0 amide bonds. The fraction of sp³-hybridized carbons (Fsp3) is 0.143. The van der Waals surface area contributed by atoms with Crippen molar-refractivity contribution in [3.05, 3.63) is 63.9 Å². The molecule has 0 aliphatic carbocycles. The Morgan fingerprint density at radius 1 is 1.10 bits per heavy atom. The van der Waals surface area contributed by atoms with Crippen LogP contribution in [0.25, 0.3) is 0 Å². The molecule has 3 N–H and O–H groups in total. The minimum atomic E-state index is -3.66. The SMILES string of the molecule is NCc1ccc(S(=O)(=O)NCc2ccc(F)cc2)c(Br)c1. The van der Waals surface area contributed by atoms with Gasteiger partial charge in [0.2, 0.25) is 10.0 Å². The Balaban J connectivity index is 2.16. The molecule has 0 spiro atoms. The number of halogens is 2. The molecule has 0 saturated heterocycles. The van der Waals surface area contributed by atoms with Crippen molar-refractivity contribution in [2.24, 2.45) is 5.73 Å². The average Bonchev–Trinajstić information content (AvgIpc) is 2.46. The summed E-state index contributed by atoms with van der Waals surface area (Å²) in [6.07, 6.45) is 0. The zero-order chi connectivity index (χ0) is 15.5. The van der Waals surface area contributed by atoms with Gasteiger partial charge in [0.1, 0.15) is 5.82 Å². The number of benzene rings is 2. The van der Waals surface area contributed by atoms with E-state index in [0.717, 1.165) is 5.56 Å². The van der Waals surface area contributed by atoms with Gasteiger partial charge in [-0.1, -0.05) is 18.2 Å². The van der Waals surface area contributed by atoms with E-state index in [1.807, 2.05) is 0 Å². The summed E-state index contributed by atoms with van der Waals surface area (Å²) in [5, 5.41) is 0. The van der Waals surface area contributed by atoms with Crippen molar-refractivity contribution < 1.29 is 12.8 Å². The molecule has 2 aromatic carbocycles. The molecule has 0 heterocycles. The Labute approximate surface area is 131 Å². The third-order valence-electron chi connectivity index (χ3n) is 2.90. The summed E-state index contributed by atoms with van der Waals surface area (Å²) in [6.45, 7) is 0.426. The number of rotatable bonds is 5. The maximum atomic E-state index is 12.8. The zero-order valence-corrected chi connectivity index (χ0v) is 13.4. The highest BCUT2D eigenvalue weighted by molar-refractivity contribution is 9.10. The van der Waals surface area contributed by atoms with Crippen LogP contribution in [0.15, 0.2) is 51.8 Å². The molecule has 0 radical (unpaired) electrons. The molecular formula is C14H14BrFN2O2S. The third-order valence-corrected chi connectivity index (χ3v) is 5.28. The van der Waals surface area contributed by atoms with Crippen LogP contribution in [0.2, 0.25) is 0 Å². The normalized spacial score (nSPS) is 11.6. The second-order valence-corrected chi connectivity index (χ2v) is 7.01. The van der Waals surface area contributed by atoms with Gasteiger partial charge in [-0.3, -0.25) is 0 Å². The van der Waals surface area contributed by atoms with E-state index in [-0.39, 0.29) is 17.3 Å². The number of sulfonamides is 1. The highest BCUT2D eigenvalue weighted by atomic mass is 79.9. The van der Waals surface area contributed by atoms with Crippen molar-refractivity contribution >= 4 is 26.0 Å². The molecule has 0 fully saturated rings. The van der Waals surface area contributed by atoms with E-state index < -0.39 is 10.0 Å². The molecule has 0 saturated carbocycles. The van der Waals surface area contributed by atoms with Crippen LogP contribution >= 0.6 is 15.9 Å². The monoisotopic (exact) mass is 372 g/mol. The molecule has 7 heteroatoms. The summed E-state index contributed by atoms with van der Waals surface area (Å²) in [7, 11) is -3.66. The first-order chi connectivity index (χ1) is 9.92. The van der Waals surface area contributed by atoms with Crippen LogP contribution in [0.5, 0.6) is 0 Å². The lowest BCUT2D eigenvalue weighted by Gasteiger charge is -2.09. The van der Waals surface area contributed by atoms with Crippen LogP contribution in [0.4, 0.5) is 4.39 Å². The van der Waals surface area contributed by atoms with Gasteiger partial charge in [-0.15, -0.1) is 0 Å². The average molecular weight is 373 g/mol. The van der Waals surface area contributed by atoms with Crippen LogP contribution in [0, 0.1) is 5.82 Å². The smallest absolute Gasteiger partial charge is 0.241 e. The molecule has 112 valence electrons. The van der Waals surface area contributed by atoms with Crippen molar-refractivity contribution in [2.75, 3.05) is 0 Å². The number of nitrogens with one attached hydrogen (secondary N) is 1. The molecule has 2 aromatic rings.